The summed E-state index contributed by atoms with van der Waals surface area (Å²) < 4.78 is 0.924. The molecule has 3 rings (SSSR count). The van der Waals surface area contributed by atoms with Crippen molar-refractivity contribution in [1.82, 2.24) is 4.90 Å². The predicted molar refractivity (Wildman–Crippen MR) is 95.7 cm³/mol. The molecule has 1 atom stereocenters. The fourth-order valence-corrected chi connectivity index (χ4v) is 3.83. The Morgan fingerprint density at radius 1 is 1.26 bits per heavy atom. The van der Waals surface area contributed by atoms with Crippen LogP contribution in [-0.2, 0) is 4.79 Å². The minimum Gasteiger partial charge on any atom is -0.337 e. The van der Waals surface area contributed by atoms with Crippen LogP contribution in [0.4, 0.5) is 5.69 Å². The largest absolute Gasteiger partial charge is 0.337 e. The zero-order valence-electron chi connectivity index (χ0n) is 12.5. The zero-order valence-corrected chi connectivity index (χ0v) is 14.9. The molecular weight excluding hydrogens is 376 g/mol. The van der Waals surface area contributed by atoms with Gasteiger partial charge in [0.25, 0.3) is 5.91 Å². The van der Waals surface area contributed by atoms with Crippen LogP contribution in [-0.4, -0.2) is 29.8 Å². The highest BCUT2D eigenvalue weighted by Crippen LogP contribution is 2.23. The number of likely N-dealkylation sites (tertiary alicyclic amines) is 1. The van der Waals surface area contributed by atoms with Crippen molar-refractivity contribution < 1.29 is 9.59 Å². The van der Waals surface area contributed by atoms with Gasteiger partial charge in [-0.2, -0.15) is 0 Å². The van der Waals surface area contributed by atoms with Crippen LogP contribution in [0.2, 0.25) is 0 Å². The summed E-state index contributed by atoms with van der Waals surface area (Å²) in [7, 11) is 0. The number of carbonyl (C=O) groups excluding carboxylic acids is 2. The van der Waals surface area contributed by atoms with E-state index in [1.165, 1.54) is 11.3 Å². The molecule has 4 nitrogen and oxygen atoms in total. The number of benzene rings is 1. The molecule has 0 aliphatic carbocycles. The van der Waals surface area contributed by atoms with Crippen LogP contribution in [0.25, 0.3) is 0 Å². The number of anilines is 1. The number of thiophene rings is 1. The van der Waals surface area contributed by atoms with E-state index < -0.39 is 0 Å². The average Bonchev–Trinajstić information content (AvgIpc) is 3.09. The Kier molecular flexibility index (Phi) is 5.13. The monoisotopic (exact) mass is 392 g/mol. The van der Waals surface area contributed by atoms with Gasteiger partial charge in [-0.15, -0.1) is 11.3 Å². The fraction of sp³-hybridized carbons (Fsp3) is 0.294. The lowest BCUT2D eigenvalue weighted by molar-refractivity contribution is -0.121. The molecule has 2 heterocycles. The molecule has 1 aliphatic rings. The van der Waals surface area contributed by atoms with Crippen LogP contribution in [0.5, 0.6) is 0 Å². The van der Waals surface area contributed by atoms with E-state index in [-0.39, 0.29) is 17.7 Å². The molecule has 1 aliphatic heterocycles. The number of hydrogen-bond donors (Lipinski definition) is 1. The fourth-order valence-electron chi connectivity index (χ4n) is 2.74. The van der Waals surface area contributed by atoms with E-state index in [0.717, 1.165) is 34.4 Å². The summed E-state index contributed by atoms with van der Waals surface area (Å²) in [6, 6.07) is 11.2. The van der Waals surface area contributed by atoms with Gasteiger partial charge in [-0.25, -0.2) is 0 Å². The minimum atomic E-state index is -0.161. The maximum Gasteiger partial charge on any atom is 0.263 e. The van der Waals surface area contributed by atoms with Gasteiger partial charge in [-0.3, -0.25) is 9.59 Å². The molecule has 120 valence electrons. The van der Waals surface area contributed by atoms with Crippen molar-refractivity contribution in [2.45, 2.75) is 12.8 Å². The highest BCUT2D eigenvalue weighted by Gasteiger charge is 2.29. The van der Waals surface area contributed by atoms with Crippen molar-refractivity contribution in [2.24, 2.45) is 5.92 Å². The Hall–Kier alpha value is -1.66. The van der Waals surface area contributed by atoms with Gasteiger partial charge >= 0.3 is 0 Å². The van der Waals surface area contributed by atoms with Gasteiger partial charge in [-0.1, -0.05) is 28.1 Å². The summed E-state index contributed by atoms with van der Waals surface area (Å²) in [5.41, 5.74) is 0.770. The first kappa shape index (κ1) is 16.2. The second kappa shape index (κ2) is 7.27. The Balaban J connectivity index is 1.64. The second-order valence-electron chi connectivity index (χ2n) is 5.57. The van der Waals surface area contributed by atoms with E-state index in [9.17, 15) is 9.59 Å². The molecule has 2 amide bonds. The molecule has 1 saturated heterocycles. The smallest absolute Gasteiger partial charge is 0.263 e. The maximum absolute atomic E-state index is 12.5. The number of hydrogen-bond acceptors (Lipinski definition) is 3. The third-order valence-corrected chi connectivity index (χ3v) is 5.25. The van der Waals surface area contributed by atoms with Crippen molar-refractivity contribution in [3.8, 4) is 0 Å². The van der Waals surface area contributed by atoms with Crippen LogP contribution >= 0.6 is 27.3 Å². The highest BCUT2D eigenvalue weighted by atomic mass is 79.9. The van der Waals surface area contributed by atoms with E-state index in [1.54, 1.807) is 4.90 Å². The minimum absolute atomic E-state index is 0.0215. The van der Waals surface area contributed by atoms with Crippen molar-refractivity contribution in [2.75, 3.05) is 18.4 Å². The van der Waals surface area contributed by atoms with Gasteiger partial charge in [0.2, 0.25) is 5.91 Å². The summed E-state index contributed by atoms with van der Waals surface area (Å²) >= 11 is 4.84. The quantitative estimate of drug-likeness (QED) is 0.857. The molecule has 1 unspecified atom stereocenters. The number of amides is 2. The Bertz CT molecular complexity index is 702. The number of nitrogens with one attached hydrogen (secondary N) is 1. The van der Waals surface area contributed by atoms with Gasteiger partial charge < -0.3 is 10.2 Å². The molecule has 2 aromatic rings. The van der Waals surface area contributed by atoms with Crippen molar-refractivity contribution in [3.05, 3.63) is 51.1 Å². The summed E-state index contributed by atoms with van der Waals surface area (Å²) in [6.45, 7) is 1.20. The van der Waals surface area contributed by atoms with Crippen LogP contribution in [0.1, 0.15) is 22.5 Å². The number of piperidine rings is 1. The predicted octanol–water partition coefficient (Wildman–Crippen LogP) is 4.00. The number of carbonyl (C=O) groups is 2. The summed E-state index contributed by atoms with van der Waals surface area (Å²) in [4.78, 5) is 27.4. The molecule has 0 saturated carbocycles. The molecule has 6 heteroatoms. The van der Waals surface area contributed by atoms with Crippen molar-refractivity contribution >= 4 is 44.8 Å². The molecule has 0 spiro atoms. The van der Waals surface area contributed by atoms with Gasteiger partial charge in [0.05, 0.1) is 10.8 Å². The number of nitrogens with zero attached hydrogens (tertiary/aromatic N) is 1. The zero-order chi connectivity index (χ0) is 16.2. The summed E-state index contributed by atoms with van der Waals surface area (Å²) in [6.07, 6.45) is 1.67. The average molecular weight is 393 g/mol. The number of halogens is 1. The summed E-state index contributed by atoms with van der Waals surface area (Å²) in [5.74, 6) is -0.154. The van der Waals surface area contributed by atoms with E-state index in [1.807, 2.05) is 41.8 Å². The van der Waals surface area contributed by atoms with Crippen molar-refractivity contribution in [1.29, 1.82) is 0 Å². The van der Waals surface area contributed by atoms with Crippen LogP contribution in [0.15, 0.2) is 46.3 Å². The maximum atomic E-state index is 12.5. The first-order valence-electron chi connectivity index (χ1n) is 7.52. The van der Waals surface area contributed by atoms with Crippen molar-refractivity contribution in [3.63, 3.8) is 0 Å². The van der Waals surface area contributed by atoms with Crippen LogP contribution < -0.4 is 5.32 Å². The summed E-state index contributed by atoms with van der Waals surface area (Å²) in [5, 5.41) is 4.84. The van der Waals surface area contributed by atoms with Crippen LogP contribution in [0, 0.1) is 5.92 Å². The van der Waals surface area contributed by atoms with E-state index in [2.05, 4.69) is 21.2 Å². The molecule has 1 aromatic carbocycles. The Morgan fingerprint density at radius 3 is 2.87 bits per heavy atom. The highest BCUT2D eigenvalue weighted by molar-refractivity contribution is 9.10. The second-order valence-corrected chi connectivity index (χ2v) is 7.43. The molecular formula is C17H17BrN2O2S. The standard InChI is InChI=1S/C17H17BrN2O2S/c18-13-5-1-6-14(10-13)19-16(21)12-4-2-8-20(11-12)17(22)15-7-3-9-23-15/h1,3,5-7,9-10,12H,2,4,8,11H2,(H,19,21). The lowest BCUT2D eigenvalue weighted by Gasteiger charge is -2.31. The van der Waals surface area contributed by atoms with Crippen LogP contribution in [0.3, 0.4) is 0 Å². The van der Waals surface area contributed by atoms with Gasteiger partial charge in [0.15, 0.2) is 0 Å². The van der Waals surface area contributed by atoms with Gasteiger partial charge in [0.1, 0.15) is 0 Å². The molecule has 1 N–H and O–H groups in total. The third-order valence-electron chi connectivity index (χ3n) is 3.90. The lowest BCUT2D eigenvalue weighted by atomic mass is 9.97. The molecule has 1 aromatic heterocycles. The van der Waals surface area contributed by atoms with Gasteiger partial charge in [-0.05, 0) is 42.5 Å². The first-order valence-corrected chi connectivity index (χ1v) is 9.20. The first-order chi connectivity index (χ1) is 11.1. The third kappa shape index (κ3) is 4.00. The Morgan fingerprint density at radius 2 is 2.13 bits per heavy atom. The van der Waals surface area contributed by atoms with E-state index in [0.29, 0.717) is 6.54 Å². The number of rotatable bonds is 3. The molecule has 23 heavy (non-hydrogen) atoms. The van der Waals surface area contributed by atoms with E-state index >= 15 is 0 Å². The SMILES string of the molecule is O=C(Nc1cccc(Br)c1)C1CCCN(C(=O)c2cccs2)C1. The van der Waals surface area contributed by atoms with Gasteiger partial charge in [0, 0.05) is 23.2 Å². The topological polar surface area (TPSA) is 49.4 Å². The lowest BCUT2D eigenvalue weighted by Crippen LogP contribution is -2.43. The molecule has 0 bridgehead atoms. The Labute approximate surface area is 147 Å². The molecule has 0 radical (unpaired) electrons. The van der Waals surface area contributed by atoms with E-state index in [4.69, 9.17) is 0 Å². The normalized spacial score (nSPS) is 17.8. The molecule has 1 fully saturated rings.